The number of thiophene rings is 1. The smallest absolute Gasteiger partial charge is 0.335 e. The van der Waals surface area contributed by atoms with E-state index in [1.807, 2.05) is 0 Å². The molecule has 1 unspecified atom stereocenters. The van der Waals surface area contributed by atoms with E-state index in [1.165, 1.54) is 24.3 Å². The molecule has 0 saturated carbocycles. The minimum atomic E-state index is -2.81. The van der Waals surface area contributed by atoms with Crippen molar-refractivity contribution in [3.63, 3.8) is 0 Å². The van der Waals surface area contributed by atoms with E-state index in [9.17, 15) is 14.4 Å². The number of amides is 1. The van der Waals surface area contributed by atoms with Crippen LogP contribution in [-0.2, 0) is 10.5 Å². The van der Waals surface area contributed by atoms with Crippen LogP contribution < -0.4 is 5.32 Å². The van der Waals surface area contributed by atoms with Crippen LogP contribution in [0.5, 0.6) is 0 Å². The third-order valence-electron chi connectivity index (χ3n) is 4.49. The number of carboxylic acid groups (broad SMARTS) is 1. The number of nitrogens with one attached hydrogen (secondary N) is 1. The molecule has 7 heteroatoms. The zero-order chi connectivity index (χ0) is 19.2. The lowest BCUT2D eigenvalue weighted by Gasteiger charge is -2.28. The molecule has 2 aromatic carbocycles. The van der Waals surface area contributed by atoms with Crippen molar-refractivity contribution in [1.29, 1.82) is 0 Å². The predicted molar refractivity (Wildman–Crippen MR) is 98.9 cm³/mol. The summed E-state index contributed by atoms with van der Waals surface area (Å²) in [5.74, 6) is -3.00. The van der Waals surface area contributed by atoms with Crippen molar-refractivity contribution in [2.75, 3.05) is 5.32 Å². The molecule has 0 saturated heterocycles. The van der Waals surface area contributed by atoms with E-state index in [-0.39, 0.29) is 21.7 Å². The quantitative estimate of drug-likeness (QED) is 0.669. The lowest BCUT2D eigenvalue weighted by Crippen LogP contribution is -2.47. The molecular weight excluding hydrogens is 369 g/mol. The lowest BCUT2D eigenvalue weighted by molar-refractivity contribution is -0.125. The summed E-state index contributed by atoms with van der Waals surface area (Å²) >= 11 is 1.12. The molecular formula is C20H12FNO4S. The fourth-order valence-electron chi connectivity index (χ4n) is 3.07. The number of carbonyl (C=O) groups excluding carboxylic acids is 2. The standard InChI is InChI=1S/C20H12FNO4S/c21-20(13-4-2-1-3-5-13)16(23)15-14(10-27-17(15)22-19(20)26)11-6-8-12(9-7-11)18(24)25/h1-10H,(H,22,26)(H,24,25). The van der Waals surface area contributed by atoms with Gasteiger partial charge in [0, 0.05) is 16.5 Å². The monoisotopic (exact) mass is 381 g/mol. The Morgan fingerprint density at radius 3 is 2.33 bits per heavy atom. The number of anilines is 1. The Balaban J connectivity index is 1.84. The first-order chi connectivity index (χ1) is 12.9. The van der Waals surface area contributed by atoms with Crippen LogP contribution in [0.25, 0.3) is 11.1 Å². The molecule has 1 atom stereocenters. The summed E-state index contributed by atoms with van der Waals surface area (Å²) in [7, 11) is 0. The molecule has 2 N–H and O–H groups in total. The summed E-state index contributed by atoms with van der Waals surface area (Å²) in [6.45, 7) is 0. The Hall–Kier alpha value is -3.32. The van der Waals surface area contributed by atoms with Crippen LogP contribution in [0.1, 0.15) is 26.3 Å². The highest BCUT2D eigenvalue weighted by atomic mass is 32.1. The van der Waals surface area contributed by atoms with Gasteiger partial charge in [0.2, 0.25) is 5.78 Å². The second-order valence-corrected chi connectivity index (χ2v) is 6.92. The van der Waals surface area contributed by atoms with Gasteiger partial charge in [0.05, 0.1) is 11.1 Å². The molecule has 27 heavy (non-hydrogen) atoms. The maximum Gasteiger partial charge on any atom is 0.335 e. The van der Waals surface area contributed by atoms with Crippen LogP contribution in [0.2, 0.25) is 0 Å². The number of rotatable bonds is 3. The number of carbonyl (C=O) groups is 3. The molecule has 4 rings (SSSR count). The van der Waals surface area contributed by atoms with E-state index in [1.54, 1.807) is 35.7 Å². The van der Waals surface area contributed by atoms with Gasteiger partial charge in [0.1, 0.15) is 5.00 Å². The molecule has 1 amide bonds. The number of Topliss-reactive ketones (excluding diaryl/α,β-unsaturated/α-hetero) is 1. The van der Waals surface area contributed by atoms with Crippen molar-refractivity contribution in [3.8, 4) is 11.1 Å². The molecule has 1 aliphatic rings. The Morgan fingerprint density at radius 1 is 1.04 bits per heavy atom. The van der Waals surface area contributed by atoms with E-state index >= 15 is 4.39 Å². The Kier molecular flexibility index (Phi) is 3.89. The maximum atomic E-state index is 15.7. The van der Waals surface area contributed by atoms with E-state index in [0.29, 0.717) is 11.1 Å². The highest BCUT2D eigenvalue weighted by Gasteiger charge is 2.53. The average molecular weight is 381 g/mol. The summed E-state index contributed by atoms with van der Waals surface area (Å²) < 4.78 is 15.7. The van der Waals surface area contributed by atoms with Crippen LogP contribution >= 0.6 is 11.3 Å². The van der Waals surface area contributed by atoms with Crippen molar-refractivity contribution in [3.05, 3.63) is 76.7 Å². The van der Waals surface area contributed by atoms with Gasteiger partial charge in [-0.15, -0.1) is 11.3 Å². The van der Waals surface area contributed by atoms with Gasteiger partial charge in [-0.25, -0.2) is 9.18 Å². The molecule has 5 nitrogen and oxygen atoms in total. The van der Waals surface area contributed by atoms with Gasteiger partial charge in [-0.1, -0.05) is 42.5 Å². The summed E-state index contributed by atoms with van der Waals surface area (Å²) in [5.41, 5.74) is -1.63. The van der Waals surface area contributed by atoms with Gasteiger partial charge >= 0.3 is 5.97 Å². The SMILES string of the molecule is O=C(O)c1ccc(-c2csc3c2C(=O)C(F)(c2ccccc2)C(=O)N3)cc1. The van der Waals surface area contributed by atoms with Crippen LogP contribution in [0.15, 0.2) is 60.0 Å². The van der Waals surface area contributed by atoms with Crippen molar-refractivity contribution in [2.24, 2.45) is 0 Å². The van der Waals surface area contributed by atoms with Crippen molar-refractivity contribution >= 4 is 34.0 Å². The first kappa shape index (κ1) is 17.1. The Labute approximate surface area is 157 Å². The third-order valence-corrected chi connectivity index (χ3v) is 5.38. The number of benzene rings is 2. The average Bonchev–Trinajstić information content (AvgIpc) is 3.10. The molecule has 0 fully saturated rings. The first-order valence-corrected chi connectivity index (χ1v) is 8.87. The first-order valence-electron chi connectivity index (χ1n) is 7.99. The molecule has 0 aliphatic carbocycles. The van der Waals surface area contributed by atoms with Gasteiger partial charge in [-0.2, -0.15) is 0 Å². The van der Waals surface area contributed by atoms with E-state index in [0.717, 1.165) is 11.3 Å². The van der Waals surface area contributed by atoms with Crippen molar-refractivity contribution < 1.29 is 23.9 Å². The second kappa shape index (κ2) is 6.14. The second-order valence-electron chi connectivity index (χ2n) is 6.04. The number of alkyl halides is 1. The highest BCUT2D eigenvalue weighted by Crippen LogP contribution is 2.45. The fraction of sp³-hybridized carbons (Fsp3) is 0.0500. The van der Waals surface area contributed by atoms with E-state index < -0.39 is 23.3 Å². The Morgan fingerprint density at radius 2 is 1.70 bits per heavy atom. The molecule has 1 aromatic heterocycles. The molecule has 1 aliphatic heterocycles. The van der Waals surface area contributed by atoms with E-state index in [2.05, 4.69) is 5.32 Å². The van der Waals surface area contributed by atoms with Gasteiger partial charge in [-0.3, -0.25) is 9.59 Å². The zero-order valence-electron chi connectivity index (χ0n) is 13.7. The van der Waals surface area contributed by atoms with Crippen molar-refractivity contribution in [2.45, 2.75) is 5.67 Å². The summed E-state index contributed by atoms with van der Waals surface area (Å²) in [4.78, 5) is 36.5. The molecule has 3 aromatic rings. The number of fused-ring (bicyclic) bond motifs is 1. The van der Waals surface area contributed by atoms with Crippen LogP contribution in [0, 0.1) is 0 Å². The third kappa shape index (κ3) is 2.55. The minimum absolute atomic E-state index is 0.0310. The van der Waals surface area contributed by atoms with Gasteiger partial charge < -0.3 is 10.4 Å². The molecule has 2 heterocycles. The number of aromatic carboxylic acids is 1. The molecule has 134 valence electrons. The number of halogens is 1. The van der Waals surface area contributed by atoms with Crippen LogP contribution in [0.3, 0.4) is 0 Å². The molecule has 0 spiro atoms. The largest absolute Gasteiger partial charge is 0.478 e. The minimum Gasteiger partial charge on any atom is -0.478 e. The fourth-order valence-corrected chi connectivity index (χ4v) is 4.04. The molecule has 0 bridgehead atoms. The zero-order valence-corrected chi connectivity index (χ0v) is 14.5. The normalized spacial score (nSPS) is 18.7. The molecule has 0 radical (unpaired) electrons. The number of ketones is 1. The Bertz CT molecular complexity index is 1080. The van der Waals surface area contributed by atoms with Gasteiger partial charge in [0.25, 0.3) is 11.6 Å². The number of carboxylic acids is 1. The highest BCUT2D eigenvalue weighted by molar-refractivity contribution is 7.15. The predicted octanol–water partition coefficient (Wildman–Crippen LogP) is 4.11. The van der Waals surface area contributed by atoms with Gasteiger partial charge in [0.15, 0.2) is 0 Å². The topological polar surface area (TPSA) is 83.5 Å². The van der Waals surface area contributed by atoms with Crippen LogP contribution in [0.4, 0.5) is 9.39 Å². The van der Waals surface area contributed by atoms with E-state index in [4.69, 9.17) is 5.11 Å². The number of hydrogen-bond acceptors (Lipinski definition) is 4. The van der Waals surface area contributed by atoms with Crippen LogP contribution in [-0.4, -0.2) is 22.8 Å². The maximum absolute atomic E-state index is 15.7. The number of hydrogen-bond donors (Lipinski definition) is 2. The summed E-state index contributed by atoms with van der Waals surface area (Å²) in [6, 6.07) is 13.5. The summed E-state index contributed by atoms with van der Waals surface area (Å²) in [5, 5.41) is 13.4. The van der Waals surface area contributed by atoms with Gasteiger partial charge in [-0.05, 0) is 17.7 Å². The lowest BCUT2D eigenvalue weighted by atomic mass is 9.83. The summed E-state index contributed by atoms with van der Waals surface area (Å²) in [6.07, 6.45) is 0. The van der Waals surface area contributed by atoms with Crippen molar-refractivity contribution in [1.82, 2.24) is 0 Å².